The average Bonchev–Trinajstić information content (AvgIpc) is 3.46. The molecule has 8 rings (SSSR count). The van der Waals surface area contributed by atoms with Crippen LogP contribution in [0.25, 0.3) is 72.8 Å². The van der Waals surface area contributed by atoms with Crippen molar-refractivity contribution in [2.24, 2.45) is 0 Å². The van der Waals surface area contributed by atoms with Gasteiger partial charge in [0.05, 0.1) is 28.4 Å². The van der Waals surface area contributed by atoms with E-state index in [-0.39, 0.29) is 0 Å². The first kappa shape index (κ1) is 28.0. The van der Waals surface area contributed by atoms with Crippen LogP contribution in [0.2, 0.25) is 0 Å². The van der Waals surface area contributed by atoms with Crippen LogP contribution in [0.15, 0.2) is 140 Å². The van der Waals surface area contributed by atoms with Gasteiger partial charge in [-0.3, -0.25) is 0 Å². The van der Waals surface area contributed by atoms with E-state index in [1.807, 2.05) is 115 Å². The second-order valence-electron chi connectivity index (χ2n) is 11.1. The van der Waals surface area contributed by atoms with Crippen molar-refractivity contribution in [2.75, 3.05) is 0 Å². The molecule has 0 saturated heterocycles. The fourth-order valence-electron chi connectivity index (χ4n) is 6.00. The summed E-state index contributed by atoms with van der Waals surface area (Å²) in [7, 11) is 0. The molecule has 0 bridgehead atoms. The Labute approximate surface area is 268 Å². The number of hydrogen-bond donors (Lipinski definition) is 0. The van der Waals surface area contributed by atoms with Gasteiger partial charge in [0.2, 0.25) is 0 Å². The first-order valence-electron chi connectivity index (χ1n) is 15.0. The Balaban J connectivity index is 1.46. The highest BCUT2D eigenvalue weighted by Gasteiger charge is 2.20. The molecule has 0 fully saturated rings. The number of nitrogens with zero attached hydrogens (tertiary/aromatic N) is 5. The second kappa shape index (κ2) is 11.4. The largest absolute Gasteiger partial charge is 0.308 e. The SMILES string of the molecule is N#Cc1ccc2c(c1)c1ccccc1n2-c1ccc(-c2ccc(F)c(F)c2)cc1-c1nc(-c2ccccc2)nc(-c2ccccc2)n1. The number of hydrogen-bond acceptors (Lipinski definition) is 4. The number of halogens is 2. The van der Waals surface area contributed by atoms with Crippen LogP contribution in [0, 0.1) is 23.0 Å². The van der Waals surface area contributed by atoms with Gasteiger partial charge < -0.3 is 4.57 Å². The Morgan fingerprint density at radius 3 is 1.77 bits per heavy atom. The maximum atomic E-state index is 14.4. The molecular weight excluding hydrogens is 588 g/mol. The van der Waals surface area contributed by atoms with Crippen LogP contribution >= 0.6 is 0 Å². The van der Waals surface area contributed by atoms with E-state index in [0.29, 0.717) is 39.7 Å². The first-order valence-corrected chi connectivity index (χ1v) is 15.0. The molecule has 7 heteroatoms. The summed E-state index contributed by atoms with van der Waals surface area (Å²) in [4.78, 5) is 14.9. The fourth-order valence-corrected chi connectivity index (χ4v) is 6.00. The van der Waals surface area contributed by atoms with Gasteiger partial charge in [-0.2, -0.15) is 5.26 Å². The predicted molar refractivity (Wildman–Crippen MR) is 181 cm³/mol. The predicted octanol–water partition coefficient (Wildman–Crippen LogP) is 9.79. The van der Waals surface area contributed by atoms with Crippen LogP contribution in [0.3, 0.4) is 0 Å². The molecular formula is C40H23F2N5. The smallest absolute Gasteiger partial charge is 0.166 e. The lowest BCUT2D eigenvalue weighted by atomic mass is 10.0. The number of benzene rings is 6. The molecule has 47 heavy (non-hydrogen) atoms. The Kier molecular flexibility index (Phi) is 6.81. The Hall–Kier alpha value is -6.52. The summed E-state index contributed by atoms with van der Waals surface area (Å²) in [6.07, 6.45) is 0. The average molecular weight is 612 g/mol. The molecule has 0 unspecified atom stereocenters. The van der Waals surface area contributed by atoms with Crippen LogP contribution in [0.1, 0.15) is 5.56 Å². The van der Waals surface area contributed by atoms with Gasteiger partial charge in [-0.05, 0) is 59.7 Å². The van der Waals surface area contributed by atoms with Gasteiger partial charge in [0.1, 0.15) is 0 Å². The molecule has 0 aliphatic rings. The highest BCUT2D eigenvalue weighted by atomic mass is 19.2. The van der Waals surface area contributed by atoms with Gasteiger partial charge in [-0.25, -0.2) is 23.7 Å². The summed E-state index contributed by atoms with van der Waals surface area (Å²) in [6, 6.07) is 44.9. The second-order valence-corrected chi connectivity index (χ2v) is 11.1. The Bertz CT molecular complexity index is 2440. The highest BCUT2D eigenvalue weighted by Crippen LogP contribution is 2.38. The molecule has 0 N–H and O–H groups in total. The van der Waals surface area contributed by atoms with E-state index >= 15 is 0 Å². The number of rotatable bonds is 5. The van der Waals surface area contributed by atoms with Crippen molar-refractivity contribution < 1.29 is 8.78 Å². The molecule has 2 aromatic heterocycles. The molecule has 8 aromatic rings. The zero-order valence-corrected chi connectivity index (χ0v) is 24.8. The summed E-state index contributed by atoms with van der Waals surface area (Å²) in [5, 5.41) is 11.6. The van der Waals surface area contributed by atoms with E-state index < -0.39 is 11.6 Å². The summed E-state index contributed by atoms with van der Waals surface area (Å²) < 4.78 is 30.5. The molecule has 0 aliphatic carbocycles. The Morgan fingerprint density at radius 1 is 0.489 bits per heavy atom. The van der Waals surface area contributed by atoms with E-state index in [1.54, 1.807) is 12.1 Å². The molecule has 0 saturated carbocycles. The van der Waals surface area contributed by atoms with Crippen molar-refractivity contribution in [3.63, 3.8) is 0 Å². The van der Waals surface area contributed by atoms with Crippen LogP contribution in [0.4, 0.5) is 8.78 Å². The van der Waals surface area contributed by atoms with Gasteiger partial charge in [0.15, 0.2) is 29.1 Å². The van der Waals surface area contributed by atoms with Gasteiger partial charge in [-0.1, -0.05) is 91.0 Å². The van der Waals surface area contributed by atoms with Crippen LogP contribution in [-0.4, -0.2) is 19.5 Å². The van der Waals surface area contributed by atoms with E-state index in [0.717, 1.165) is 44.7 Å². The van der Waals surface area contributed by atoms with Crippen LogP contribution < -0.4 is 0 Å². The normalized spacial score (nSPS) is 11.2. The van der Waals surface area contributed by atoms with E-state index in [2.05, 4.69) is 10.6 Å². The van der Waals surface area contributed by atoms with E-state index in [1.165, 1.54) is 6.07 Å². The quantitative estimate of drug-likeness (QED) is 0.194. The maximum absolute atomic E-state index is 14.4. The molecule has 5 nitrogen and oxygen atoms in total. The minimum absolute atomic E-state index is 0.414. The number of para-hydroxylation sites is 1. The third-order valence-corrected chi connectivity index (χ3v) is 8.23. The van der Waals surface area contributed by atoms with E-state index in [9.17, 15) is 14.0 Å². The first-order chi connectivity index (χ1) is 23.1. The topological polar surface area (TPSA) is 67.4 Å². The third kappa shape index (κ3) is 4.98. The standard InChI is InChI=1S/C40H23F2N5/c41-33-18-16-29(23-34(33)42)28-17-20-37(47-35-14-8-7-13-30(35)31-21-25(24-43)15-19-36(31)47)32(22-28)40-45-38(26-9-3-1-4-10-26)44-39(46-40)27-11-5-2-6-12-27/h1-23H. The van der Waals surface area contributed by atoms with Crippen LogP contribution in [-0.2, 0) is 0 Å². The lowest BCUT2D eigenvalue weighted by Crippen LogP contribution is -2.04. The van der Waals surface area contributed by atoms with Crippen molar-refractivity contribution in [1.82, 2.24) is 19.5 Å². The maximum Gasteiger partial charge on any atom is 0.166 e. The monoisotopic (exact) mass is 611 g/mol. The Morgan fingerprint density at radius 2 is 1.09 bits per heavy atom. The van der Waals surface area contributed by atoms with Crippen molar-refractivity contribution >= 4 is 21.8 Å². The van der Waals surface area contributed by atoms with Crippen molar-refractivity contribution in [3.8, 4) is 57.0 Å². The molecule has 6 aromatic carbocycles. The number of aromatic nitrogens is 4. The number of fused-ring (bicyclic) bond motifs is 3. The minimum atomic E-state index is -0.929. The van der Waals surface area contributed by atoms with Gasteiger partial charge in [0.25, 0.3) is 0 Å². The molecule has 0 aliphatic heterocycles. The molecule has 222 valence electrons. The molecule has 0 atom stereocenters. The molecule has 0 spiro atoms. The summed E-state index contributed by atoms with van der Waals surface area (Å²) in [6.45, 7) is 0. The van der Waals surface area contributed by atoms with Crippen LogP contribution in [0.5, 0.6) is 0 Å². The van der Waals surface area contributed by atoms with Gasteiger partial charge in [-0.15, -0.1) is 0 Å². The highest BCUT2D eigenvalue weighted by molar-refractivity contribution is 6.10. The van der Waals surface area contributed by atoms with Crippen molar-refractivity contribution in [1.29, 1.82) is 5.26 Å². The lowest BCUT2D eigenvalue weighted by molar-refractivity contribution is 0.509. The zero-order chi connectivity index (χ0) is 31.9. The zero-order valence-electron chi connectivity index (χ0n) is 24.8. The molecule has 2 heterocycles. The van der Waals surface area contributed by atoms with Crippen molar-refractivity contribution in [3.05, 3.63) is 157 Å². The summed E-state index contributed by atoms with van der Waals surface area (Å²) in [5.41, 5.74) is 6.66. The van der Waals surface area contributed by atoms with Gasteiger partial charge in [0, 0.05) is 27.5 Å². The minimum Gasteiger partial charge on any atom is -0.308 e. The molecule has 0 radical (unpaired) electrons. The van der Waals surface area contributed by atoms with E-state index in [4.69, 9.17) is 15.0 Å². The summed E-state index contributed by atoms with van der Waals surface area (Å²) >= 11 is 0. The lowest BCUT2D eigenvalue weighted by Gasteiger charge is -2.16. The summed E-state index contributed by atoms with van der Waals surface area (Å²) in [5.74, 6) is -0.428. The molecule has 0 amide bonds. The fraction of sp³-hybridized carbons (Fsp3) is 0. The van der Waals surface area contributed by atoms with Crippen molar-refractivity contribution in [2.45, 2.75) is 0 Å². The number of nitriles is 1. The van der Waals surface area contributed by atoms with Gasteiger partial charge >= 0.3 is 0 Å². The third-order valence-electron chi connectivity index (χ3n) is 8.23.